The fraction of sp³-hybridized carbons (Fsp3) is 0.538. The lowest BCUT2D eigenvalue weighted by Crippen LogP contribution is -2.31. The first-order valence-corrected chi connectivity index (χ1v) is 13.0. The summed E-state index contributed by atoms with van der Waals surface area (Å²) in [7, 11) is 0. The van der Waals surface area contributed by atoms with Crippen LogP contribution in [-0.4, -0.2) is 32.2 Å². The number of hydrogen-bond donors (Lipinski definition) is 2. The quantitative estimate of drug-likeness (QED) is 0.361. The Labute approximate surface area is 198 Å². The fourth-order valence-electron chi connectivity index (χ4n) is 5.49. The largest absolute Gasteiger partial charge is 0.416 e. The molecule has 2 unspecified atom stereocenters. The first kappa shape index (κ1) is 22.9. The number of piperidine rings is 1. The second-order valence-corrected chi connectivity index (χ2v) is 10.7. The Hall–Kier alpha value is -1.86. The van der Waals surface area contributed by atoms with E-state index in [9.17, 15) is 13.2 Å². The molecule has 2 atom stereocenters. The molecule has 0 aromatic heterocycles. The molecule has 0 spiro atoms. The van der Waals surface area contributed by atoms with Crippen LogP contribution in [0, 0.1) is 5.92 Å². The predicted molar refractivity (Wildman–Crippen MR) is 130 cm³/mol. The van der Waals surface area contributed by atoms with Gasteiger partial charge in [-0.3, -0.25) is 0 Å². The molecule has 178 valence electrons. The highest BCUT2D eigenvalue weighted by Gasteiger charge is 2.38. The predicted octanol–water partition coefficient (Wildman–Crippen LogP) is 6.55. The van der Waals surface area contributed by atoms with Crippen molar-refractivity contribution in [3.8, 4) is 0 Å². The van der Waals surface area contributed by atoms with Gasteiger partial charge >= 0.3 is 6.18 Å². The SMILES string of the molecule is CCCNCCCNc1cc(C(F)(F)F)cc2c1Cc1ccc(N3CC4CCC3C4)cc1S2. The molecule has 2 aliphatic heterocycles. The molecule has 0 amide bonds. The van der Waals surface area contributed by atoms with Crippen LogP contribution in [0.15, 0.2) is 40.1 Å². The first-order chi connectivity index (χ1) is 15.9. The van der Waals surface area contributed by atoms with Gasteiger partial charge in [-0.15, -0.1) is 0 Å². The highest BCUT2D eigenvalue weighted by Crippen LogP contribution is 2.47. The Morgan fingerprint density at radius 3 is 2.67 bits per heavy atom. The van der Waals surface area contributed by atoms with Crippen molar-refractivity contribution < 1.29 is 13.2 Å². The molecular weight excluding hydrogens is 443 g/mol. The molecule has 1 saturated carbocycles. The van der Waals surface area contributed by atoms with E-state index in [-0.39, 0.29) is 0 Å². The summed E-state index contributed by atoms with van der Waals surface area (Å²) in [6.45, 7) is 5.71. The summed E-state index contributed by atoms with van der Waals surface area (Å²) in [5.41, 5.74) is 3.45. The van der Waals surface area contributed by atoms with Crippen molar-refractivity contribution in [1.82, 2.24) is 5.32 Å². The number of benzene rings is 2. The molecule has 2 bridgehead atoms. The van der Waals surface area contributed by atoms with Crippen molar-refractivity contribution in [3.63, 3.8) is 0 Å². The Morgan fingerprint density at radius 1 is 1.06 bits per heavy atom. The summed E-state index contributed by atoms with van der Waals surface area (Å²) in [6.07, 6.45) is 2.13. The van der Waals surface area contributed by atoms with Crippen LogP contribution in [0.3, 0.4) is 0 Å². The van der Waals surface area contributed by atoms with Gasteiger partial charge in [0, 0.05) is 46.7 Å². The van der Waals surface area contributed by atoms with E-state index >= 15 is 0 Å². The van der Waals surface area contributed by atoms with Gasteiger partial charge in [-0.1, -0.05) is 24.8 Å². The number of fused-ring (bicyclic) bond motifs is 4. The van der Waals surface area contributed by atoms with E-state index in [0.29, 0.717) is 24.7 Å². The van der Waals surface area contributed by atoms with Crippen LogP contribution in [0.1, 0.15) is 55.7 Å². The Balaban J connectivity index is 1.37. The molecule has 1 aliphatic carbocycles. The highest BCUT2D eigenvalue weighted by molar-refractivity contribution is 7.99. The number of nitrogens with one attached hydrogen (secondary N) is 2. The van der Waals surface area contributed by atoms with E-state index in [0.717, 1.165) is 53.7 Å². The highest BCUT2D eigenvalue weighted by atomic mass is 32.2. The third-order valence-corrected chi connectivity index (χ3v) is 8.37. The number of rotatable bonds is 8. The van der Waals surface area contributed by atoms with E-state index in [2.05, 4.69) is 40.7 Å². The number of anilines is 2. The second-order valence-electron chi connectivity index (χ2n) is 9.58. The lowest BCUT2D eigenvalue weighted by atomic mass is 9.99. The van der Waals surface area contributed by atoms with Gasteiger partial charge in [0.1, 0.15) is 0 Å². The van der Waals surface area contributed by atoms with Crippen LogP contribution in [0.4, 0.5) is 24.5 Å². The van der Waals surface area contributed by atoms with E-state index in [4.69, 9.17) is 0 Å². The van der Waals surface area contributed by atoms with Crippen LogP contribution in [0.5, 0.6) is 0 Å². The smallest absolute Gasteiger partial charge is 0.385 e. The van der Waals surface area contributed by atoms with Gasteiger partial charge in [0.15, 0.2) is 0 Å². The minimum atomic E-state index is -4.36. The number of nitrogens with zero attached hydrogens (tertiary/aromatic N) is 1. The summed E-state index contributed by atoms with van der Waals surface area (Å²) >= 11 is 1.49. The van der Waals surface area contributed by atoms with Crippen molar-refractivity contribution in [3.05, 3.63) is 47.0 Å². The van der Waals surface area contributed by atoms with Crippen molar-refractivity contribution in [2.24, 2.45) is 5.92 Å². The van der Waals surface area contributed by atoms with Crippen LogP contribution < -0.4 is 15.5 Å². The summed E-state index contributed by atoms with van der Waals surface area (Å²) in [5.74, 6) is 0.805. The average molecular weight is 476 g/mol. The van der Waals surface area contributed by atoms with Crippen LogP contribution in [0.25, 0.3) is 0 Å². The zero-order valence-corrected chi connectivity index (χ0v) is 19.9. The zero-order valence-electron chi connectivity index (χ0n) is 19.1. The molecule has 2 N–H and O–H groups in total. The molecule has 3 nitrogen and oxygen atoms in total. The van der Waals surface area contributed by atoms with Crippen molar-refractivity contribution in [2.45, 2.75) is 67.5 Å². The summed E-state index contributed by atoms with van der Waals surface area (Å²) < 4.78 is 41.0. The lowest BCUT2D eigenvalue weighted by Gasteiger charge is -2.31. The van der Waals surface area contributed by atoms with Crippen LogP contribution in [-0.2, 0) is 12.6 Å². The van der Waals surface area contributed by atoms with Gasteiger partial charge in [0.25, 0.3) is 0 Å². The normalized spacial score (nSPS) is 21.3. The average Bonchev–Trinajstić information content (AvgIpc) is 3.43. The standard InChI is InChI=1S/C26H32F3N3S/c1-2-8-30-9-3-10-31-23-13-19(26(27,28)29)14-25-22(23)12-18-5-7-21(15-24(18)33-25)32-16-17-4-6-20(32)11-17/h5,7,13-15,17,20,30-31H,2-4,6,8-12,16H2,1H3. The van der Waals surface area contributed by atoms with E-state index < -0.39 is 11.7 Å². The summed E-state index contributed by atoms with van der Waals surface area (Å²) in [6, 6.07) is 9.86. The molecule has 2 aromatic rings. The van der Waals surface area contributed by atoms with Crippen molar-refractivity contribution in [1.29, 1.82) is 0 Å². The molecule has 2 heterocycles. The fourth-order valence-corrected chi connectivity index (χ4v) is 6.67. The Morgan fingerprint density at radius 2 is 1.94 bits per heavy atom. The molecule has 33 heavy (non-hydrogen) atoms. The van der Waals surface area contributed by atoms with Crippen LogP contribution >= 0.6 is 11.8 Å². The van der Waals surface area contributed by atoms with Gasteiger partial charge in [0.2, 0.25) is 0 Å². The molecule has 2 fully saturated rings. The Bertz CT molecular complexity index is 1010. The van der Waals surface area contributed by atoms with Crippen molar-refractivity contribution in [2.75, 3.05) is 36.4 Å². The van der Waals surface area contributed by atoms with E-state index in [1.807, 2.05) is 0 Å². The molecular formula is C26H32F3N3S. The second kappa shape index (κ2) is 9.41. The first-order valence-electron chi connectivity index (χ1n) is 12.2. The zero-order chi connectivity index (χ0) is 23.0. The number of alkyl halides is 3. The van der Waals surface area contributed by atoms with E-state index in [1.165, 1.54) is 54.4 Å². The maximum Gasteiger partial charge on any atom is 0.416 e. The molecule has 3 aliphatic rings. The molecule has 7 heteroatoms. The minimum absolute atomic E-state index is 0.572. The van der Waals surface area contributed by atoms with Gasteiger partial charge in [-0.05, 0) is 86.5 Å². The topological polar surface area (TPSA) is 27.3 Å². The molecule has 1 saturated heterocycles. The minimum Gasteiger partial charge on any atom is -0.385 e. The van der Waals surface area contributed by atoms with Gasteiger partial charge in [-0.2, -0.15) is 13.2 Å². The summed E-state index contributed by atoms with van der Waals surface area (Å²) in [5, 5.41) is 6.65. The van der Waals surface area contributed by atoms with Crippen molar-refractivity contribution >= 4 is 23.1 Å². The number of halogens is 3. The Kier molecular flexibility index (Phi) is 6.54. The summed E-state index contributed by atoms with van der Waals surface area (Å²) in [4.78, 5) is 4.33. The molecule has 2 aromatic carbocycles. The van der Waals surface area contributed by atoms with Gasteiger partial charge in [0.05, 0.1) is 5.56 Å². The van der Waals surface area contributed by atoms with Gasteiger partial charge < -0.3 is 15.5 Å². The molecule has 0 radical (unpaired) electrons. The van der Waals surface area contributed by atoms with Gasteiger partial charge in [-0.25, -0.2) is 0 Å². The maximum atomic E-state index is 13.7. The lowest BCUT2D eigenvalue weighted by molar-refractivity contribution is -0.137. The van der Waals surface area contributed by atoms with E-state index in [1.54, 1.807) is 0 Å². The maximum absolute atomic E-state index is 13.7. The third-order valence-electron chi connectivity index (χ3n) is 7.19. The van der Waals surface area contributed by atoms with Crippen LogP contribution in [0.2, 0.25) is 0 Å². The number of hydrogen-bond acceptors (Lipinski definition) is 4. The third kappa shape index (κ3) is 4.85. The molecule has 5 rings (SSSR count). The monoisotopic (exact) mass is 475 g/mol.